The smallest absolute Gasteiger partial charge is 0.328 e. The maximum atomic E-state index is 10.3. The minimum absolute atomic E-state index is 0.545. The molecule has 1 radical (unpaired) electrons. The van der Waals surface area contributed by atoms with Crippen LogP contribution in [0.4, 0.5) is 0 Å². The second kappa shape index (κ2) is 7.06. The van der Waals surface area contributed by atoms with Gasteiger partial charge in [0.25, 0.3) is 0 Å². The Kier molecular flexibility index (Phi) is 4.89. The zero-order chi connectivity index (χ0) is 15.1. The molecule has 2 aromatic carbocycles. The number of allylic oxidation sites excluding steroid dienone is 3. The topological polar surface area (TPSA) is 61.1 Å². The Balaban J connectivity index is 2.00. The number of nitrogens with zero attached hydrogens (tertiary/aromatic N) is 1. The van der Waals surface area contributed by atoms with Gasteiger partial charge in [0.15, 0.2) is 0 Å². The second-order valence-corrected chi connectivity index (χ2v) is 4.57. The van der Waals surface area contributed by atoms with Crippen LogP contribution >= 0.6 is 0 Å². The van der Waals surface area contributed by atoms with Gasteiger partial charge in [0.05, 0.1) is 11.6 Å². The normalized spacial score (nSPS) is 11.2. The van der Waals surface area contributed by atoms with E-state index in [-0.39, 0.29) is 0 Å². The number of carboxylic acid groups (broad SMARTS) is 1. The molecule has 3 heteroatoms. The van der Waals surface area contributed by atoms with E-state index in [9.17, 15) is 4.79 Å². The summed E-state index contributed by atoms with van der Waals surface area (Å²) >= 11 is 0. The van der Waals surface area contributed by atoms with Gasteiger partial charge in [-0.3, -0.25) is 0 Å². The van der Waals surface area contributed by atoms with Crippen molar-refractivity contribution in [2.45, 2.75) is 12.8 Å². The van der Waals surface area contributed by atoms with Crippen molar-refractivity contribution in [2.24, 2.45) is 0 Å². The van der Waals surface area contributed by atoms with E-state index >= 15 is 0 Å². The highest BCUT2D eigenvalue weighted by Gasteiger charge is 1.98. The van der Waals surface area contributed by atoms with E-state index in [0.717, 1.165) is 29.7 Å². The summed E-state index contributed by atoms with van der Waals surface area (Å²) in [5.41, 5.74) is 1.75. The van der Waals surface area contributed by atoms with E-state index < -0.39 is 5.97 Å². The van der Waals surface area contributed by atoms with Crippen LogP contribution in [0.15, 0.2) is 54.6 Å². The third-order valence-electron chi connectivity index (χ3n) is 3.02. The maximum Gasteiger partial charge on any atom is 0.328 e. The molecule has 0 heterocycles. The van der Waals surface area contributed by atoms with Gasteiger partial charge in [-0.2, -0.15) is 5.26 Å². The van der Waals surface area contributed by atoms with Crippen LogP contribution in [0.3, 0.4) is 0 Å². The predicted octanol–water partition coefficient (Wildman–Crippen LogP) is 3.64. The Morgan fingerprint density at radius 3 is 2.90 bits per heavy atom. The van der Waals surface area contributed by atoms with E-state index in [0.29, 0.717) is 5.56 Å². The molecular formula is C18H14NO2. The van der Waals surface area contributed by atoms with E-state index in [4.69, 9.17) is 10.4 Å². The Morgan fingerprint density at radius 1 is 1.29 bits per heavy atom. The maximum absolute atomic E-state index is 10.3. The standard InChI is InChI=1S/C18H14NO2/c19-13-15-8-10-16-11-14(7-9-17(16)12-15)5-3-1-2-4-6-18(20)21/h1-2,4,6-11H,3,5H2,(H,20,21)/b2-1+,6-4+. The lowest BCUT2D eigenvalue weighted by molar-refractivity contribution is -0.131. The van der Waals surface area contributed by atoms with E-state index in [1.54, 1.807) is 12.1 Å². The van der Waals surface area contributed by atoms with Crippen LogP contribution in [-0.2, 0) is 11.2 Å². The number of benzene rings is 2. The highest BCUT2D eigenvalue weighted by molar-refractivity contribution is 5.83. The quantitative estimate of drug-likeness (QED) is 0.670. The van der Waals surface area contributed by atoms with E-state index in [1.165, 1.54) is 11.6 Å². The summed E-state index contributed by atoms with van der Waals surface area (Å²) in [7, 11) is 0. The number of hydrogen-bond donors (Lipinski definition) is 1. The van der Waals surface area contributed by atoms with Crippen molar-refractivity contribution in [3.05, 3.63) is 71.8 Å². The molecular weight excluding hydrogens is 262 g/mol. The molecule has 21 heavy (non-hydrogen) atoms. The first kappa shape index (κ1) is 14.5. The fraction of sp³-hybridized carbons (Fsp3) is 0.111. The largest absolute Gasteiger partial charge is 0.478 e. The first-order chi connectivity index (χ1) is 10.2. The van der Waals surface area contributed by atoms with E-state index in [1.807, 2.05) is 24.3 Å². The molecule has 0 amide bonds. The van der Waals surface area contributed by atoms with E-state index in [2.05, 4.69) is 18.2 Å². The van der Waals surface area contributed by atoms with Crippen LogP contribution in [0.2, 0.25) is 0 Å². The third kappa shape index (κ3) is 4.32. The number of carboxylic acids is 1. The summed E-state index contributed by atoms with van der Waals surface area (Å²) < 4.78 is 0. The first-order valence-corrected chi connectivity index (χ1v) is 6.60. The number of hydrogen-bond acceptors (Lipinski definition) is 2. The summed E-state index contributed by atoms with van der Waals surface area (Å²) in [5.74, 6) is -0.942. The fourth-order valence-corrected chi connectivity index (χ4v) is 2.01. The number of aliphatic carboxylic acids is 1. The van der Waals surface area contributed by atoms with Gasteiger partial charge in [-0.1, -0.05) is 42.5 Å². The summed E-state index contributed by atoms with van der Waals surface area (Å²) in [6.07, 6.45) is 8.02. The van der Waals surface area contributed by atoms with Crippen molar-refractivity contribution in [1.29, 1.82) is 5.26 Å². The highest BCUT2D eigenvalue weighted by atomic mass is 16.4. The minimum atomic E-state index is -0.942. The van der Waals surface area contributed by atoms with Gasteiger partial charge in [0, 0.05) is 12.1 Å². The Labute approximate surface area is 123 Å². The van der Waals surface area contributed by atoms with Crippen molar-refractivity contribution >= 4 is 16.7 Å². The van der Waals surface area contributed by atoms with Gasteiger partial charge >= 0.3 is 5.97 Å². The van der Waals surface area contributed by atoms with Crippen molar-refractivity contribution < 1.29 is 9.90 Å². The molecule has 0 aliphatic rings. The SMILES string of the molecule is N#Cc1[c]c2ccc(CC/C=C/C=C/C(=O)O)cc2cc1. The summed E-state index contributed by atoms with van der Waals surface area (Å²) in [6, 6.07) is 14.9. The zero-order valence-electron chi connectivity index (χ0n) is 11.4. The van der Waals surface area contributed by atoms with Gasteiger partial charge in [0.2, 0.25) is 0 Å². The number of fused-ring (bicyclic) bond motifs is 1. The first-order valence-electron chi connectivity index (χ1n) is 6.60. The van der Waals surface area contributed by atoms with Crippen molar-refractivity contribution in [2.75, 3.05) is 0 Å². The summed E-state index contributed by atoms with van der Waals surface area (Å²) in [5, 5.41) is 19.3. The Bertz CT molecular complexity index is 751. The molecule has 2 aromatic rings. The zero-order valence-corrected chi connectivity index (χ0v) is 11.4. The van der Waals surface area contributed by atoms with Gasteiger partial charge in [-0.25, -0.2) is 4.79 Å². The van der Waals surface area contributed by atoms with Gasteiger partial charge in [0.1, 0.15) is 0 Å². The van der Waals surface area contributed by atoms with Crippen LogP contribution in [0.1, 0.15) is 17.5 Å². The van der Waals surface area contributed by atoms with Crippen LogP contribution < -0.4 is 0 Å². The second-order valence-electron chi connectivity index (χ2n) is 4.57. The van der Waals surface area contributed by atoms with Crippen LogP contribution in [0.25, 0.3) is 10.8 Å². The Hall–Kier alpha value is -2.86. The molecule has 3 nitrogen and oxygen atoms in total. The molecule has 0 bridgehead atoms. The lowest BCUT2D eigenvalue weighted by Gasteiger charge is -2.02. The minimum Gasteiger partial charge on any atom is -0.478 e. The molecule has 0 aliphatic heterocycles. The number of rotatable bonds is 5. The van der Waals surface area contributed by atoms with Gasteiger partial charge < -0.3 is 5.11 Å². The molecule has 1 N–H and O–H groups in total. The predicted molar refractivity (Wildman–Crippen MR) is 81.7 cm³/mol. The molecule has 0 aliphatic carbocycles. The fourth-order valence-electron chi connectivity index (χ4n) is 2.01. The Morgan fingerprint density at radius 2 is 2.14 bits per heavy atom. The average Bonchev–Trinajstić information content (AvgIpc) is 2.49. The van der Waals surface area contributed by atoms with Crippen LogP contribution in [-0.4, -0.2) is 11.1 Å². The average molecular weight is 276 g/mol. The summed E-state index contributed by atoms with van der Waals surface area (Å²) in [4.78, 5) is 10.3. The number of aryl methyl sites for hydroxylation is 1. The van der Waals surface area contributed by atoms with Crippen LogP contribution in [0, 0.1) is 17.4 Å². The number of nitriles is 1. The molecule has 0 saturated heterocycles. The van der Waals surface area contributed by atoms with Crippen molar-refractivity contribution in [1.82, 2.24) is 0 Å². The van der Waals surface area contributed by atoms with Gasteiger partial charge in [-0.15, -0.1) is 0 Å². The molecule has 103 valence electrons. The van der Waals surface area contributed by atoms with Crippen molar-refractivity contribution in [3.63, 3.8) is 0 Å². The van der Waals surface area contributed by atoms with Crippen LogP contribution in [0.5, 0.6) is 0 Å². The summed E-state index contributed by atoms with van der Waals surface area (Å²) in [6.45, 7) is 0. The third-order valence-corrected chi connectivity index (χ3v) is 3.02. The monoisotopic (exact) mass is 276 g/mol. The van der Waals surface area contributed by atoms with Gasteiger partial charge in [-0.05, 0) is 35.2 Å². The molecule has 0 fully saturated rings. The molecule has 0 saturated carbocycles. The molecule has 0 atom stereocenters. The lowest BCUT2D eigenvalue weighted by Crippen LogP contribution is -1.85. The highest BCUT2D eigenvalue weighted by Crippen LogP contribution is 2.18. The molecule has 0 aromatic heterocycles. The molecule has 0 spiro atoms. The number of carbonyl (C=O) groups is 1. The molecule has 2 rings (SSSR count). The molecule has 0 unspecified atom stereocenters. The van der Waals surface area contributed by atoms with Crippen molar-refractivity contribution in [3.8, 4) is 6.07 Å². The lowest BCUT2D eigenvalue weighted by atomic mass is 10.0.